The molecule has 0 N–H and O–H groups in total. The topological polar surface area (TPSA) is 43.4 Å². The predicted octanol–water partition coefficient (Wildman–Crippen LogP) is 3.05. The fourth-order valence-electron chi connectivity index (χ4n) is 2.66. The maximum atomic E-state index is 12.8. The van der Waals surface area contributed by atoms with Crippen molar-refractivity contribution in [1.29, 1.82) is 0 Å². The Hall–Kier alpha value is -0.870. The van der Waals surface area contributed by atoms with Gasteiger partial charge in [-0.15, -0.1) is 0 Å². The first kappa shape index (κ1) is 14.5. The molecular weight excluding hydrogens is 260 g/mol. The zero-order valence-electron chi connectivity index (χ0n) is 11.8. The van der Waals surface area contributed by atoms with Crippen LogP contribution in [0.1, 0.15) is 33.6 Å². The Morgan fingerprint density at radius 2 is 1.95 bits per heavy atom. The first-order valence-electron chi connectivity index (χ1n) is 6.80. The fourth-order valence-corrected chi connectivity index (χ4v) is 4.87. The normalized spacial score (nSPS) is 23.6. The summed E-state index contributed by atoms with van der Waals surface area (Å²) in [5.74, 6) is 0. The number of benzene rings is 1. The zero-order valence-corrected chi connectivity index (χ0v) is 12.6. The highest BCUT2D eigenvalue weighted by atomic mass is 32.2. The molecule has 0 saturated carbocycles. The van der Waals surface area contributed by atoms with Gasteiger partial charge in [0.2, 0.25) is 0 Å². The average Bonchev–Trinajstić information content (AvgIpc) is 2.38. The number of ether oxygens (including phenoxy) is 1. The predicted molar refractivity (Wildman–Crippen MR) is 75.8 cm³/mol. The summed E-state index contributed by atoms with van der Waals surface area (Å²) in [6, 6.07) is 8.70. The molecule has 1 aliphatic heterocycles. The van der Waals surface area contributed by atoms with Gasteiger partial charge in [-0.2, -0.15) is 0 Å². The zero-order chi connectivity index (χ0) is 14.1. The van der Waals surface area contributed by atoms with E-state index in [1.807, 2.05) is 13.0 Å². The third-order valence-electron chi connectivity index (χ3n) is 3.79. The standard InChI is InChI=1S/C15H22O3S/c1-4-8-13(14-15(2,3)11-18-14)19(16,17)12-9-6-5-7-10-12/h5-7,9-10,13-14H,4,8,11H2,1-3H3/t13-,14-/m1/s1. The summed E-state index contributed by atoms with van der Waals surface area (Å²) in [7, 11) is -3.32. The van der Waals surface area contributed by atoms with Crippen LogP contribution in [0.3, 0.4) is 0 Å². The van der Waals surface area contributed by atoms with Gasteiger partial charge in [0.15, 0.2) is 9.84 Å². The van der Waals surface area contributed by atoms with Crippen LogP contribution in [-0.2, 0) is 14.6 Å². The minimum absolute atomic E-state index is 0.0539. The Bertz CT molecular complexity index is 520. The van der Waals surface area contributed by atoms with Crippen molar-refractivity contribution in [3.05, 3.63) is 30.3 Å². The molecule has 1 aromatic carbocycles. The molecule has 0 spiro atoms. The lowest BCUT2D eigenvalue weighted by atomic mass is 9.80. The number of hydrogen-bond donors (Lipinski definition) is 0. The molecule has 1 saturated heterocycles. The van der Waals surface area contributed by atoms with Gasteiger partial charge in [0, 0.05) is 5.41 Å². The summed E-state index contributed by atoms with van der Waals surface area (Å²) in [5.41, 5.74) is -0.0539. The Kier molecular flexibility index (Phi) is 4.02. The van der Waals surface area contributed by atoms with E-state index in [0.717, 1.165) is 6.42 Å². The first-order chi connectivity index (χ1) is 8.89. The number of hydrogen-bond acceptors (Lipinski definition) is 3. The Morgan fingerprint density at radius 1 is 1.32 bits per heavy atom. The van der Waals surface area contributed by atoms with Crippen LogP contribution in [-0.4, -0.2) is 26.4 Å². The van der Waals surface area contributed by atoms with Gasteiger partial charge in [0.25, 0.3) is 0 Å². The molecule has 1 aromatic rings. The van der Waals surface area contributed by atoms with Gasteiger partial charge >= 0.3 is 0 Å². The van der Waals surface area contributed by atoms with E-state index in [4.69, 9.17) is 4.74 Å². The molecule has 0 bridgehead atoms. The van der Waals surface area contributed by atoms with E-state index in [2.05, 4.69) is 13.8 Å². The van der Waals surface area contributed by atoms with Crippen molar-refractivity contribution in [2.24, 2.45) is 5.41 Å². The average molecular weight is 282 g/mol. The molecule has 0 aliphatic carbocycles. The van der Waals surface area contributed by atoms with Crippen molar-refractivity contribution in [1.82, 2.24) is 0 Å². The summed E-state index contributed by atoms with van der Waals surface area (Å²) >= 11 is 0. The minimum Gasteiger partial charge on any atom is -0.376 e. The van der Waals surface area contributed by atoms with E-state index in [1.54, 1.807) is 24.3 Å². The maximum absolute atomic E-state index is 12.8. The van der Waals surface area contributed by atoms with E-state index in [-0.39, 0.29) is 11.5 Å². The Labute approximate surface area is 115 Å². The maximum Gasteiger partial charge on any atom is 0.183 e. The third kappa shape index (κ3) is 2.70. The van der Waals surface area contributed by atoms with Gasteiger partial charge in [-0.3, -0.25) is 0 Å². The molecule has 106 valence electrons. The van der Waals surface area contributed by atoms with Crippen LogP contribution >= 0.6 is 0 Å². The van der Waals surface area contributed by atoms with Gasteiger partial charge in [-0.25, -0.2) is 8.42 Å². The number of rotatable bonds is 5. The molecule has 19 heavy (non-hydrogen) atoms. The summed E-state index contributed by atoms with van der Waals surface area (Å²) < 4.78 is 31.1. The van der Waals surface area contributed by atoms with Crippen LogP contribution in [0.15, 0.2) is 35.2 Å². The molecular formula is C15H22O3S. The van der Waals surface area contributed by atoms with Crippen molar-refractivity contribution in [2.75, 3.05) is 6.61 Å². The van der Waals surface area contributed by atoms with Crippen molar-refractivity contribution in [3.63, 3.8) is 0 Å². The van der Waals surface area contributed by atoms with E-state index >= 15 is 0 Å². The second-order valence-electron chi connectivity index (χ2n) is 5.91. The monoisotopic (exact) mass is 282 g/mol. The Balaban J connectivity index is 2.34. The quantitative estimate of drug-likeness (QED) is 0.833. The molecule has 0 unspecified atom stereocenters. The summed E-state index contributed by atoms with van der Waals surface area (Å²) in [6.07, 6.45) is 1.29. The molecule has 1 heterocycles. The molecule has 1 aliphatic rings. The lowest BCUT2D eigenvalue weighted by molar-refractivity contribution is -0.168. The van der Waals surface area contributed by atoms with E-state index in [0.29, 0.717) is 17.9 Å². The highest BCUT2D eigenvalue weighted by Gasteiger charge is 2.49. The summed E-state index contributed by atoms with van der Waals surface area (Å²) in [4.78, 5) is 0.403. The molecule has 3 nitrogen and oxygen atoms in total. The van der Waals surface area contributed by atoms with E-state index < -0.39 is 15.1 Å². The molecule has 2 rings (SSSR count). The second kappa shape index (κ2) is 5.25. The number of sulfone groups is 1. The van der Waals surface area contributed by atoms with E-state index in [1.165, 1.54) is 0 Å². The Morgan fingerprint density at radius 3 is 2.37 bits per heavy atom. The fraction of sp³-hybridized carbons (Fsp3) is 0.600. The van der Waals surface area contributed by atoms with Gasteiger partial charge in [0.1, 0.15) is 0 Å². The van der Waals surface area contributed by atoms with Gasteiger partial charge in [-0.1, -0.05) is 45.4 Å². The molecule has 0 aromatic heterocycles. The summed E-state index contributed by atoms with van der Waals surface area (Å²) in [6.45, 7) is 6.80. The smallest absolute Gasteiger partial charge is 0.183 e. The minimum atomic E-state index is -3.32. The summed E-state index contributed by atoms with van der Waals surface area (Å²) in [5, 5.41) is -0.441. The van der Waals surface area contributed by atoms with E-state index in [9.17, 15) is 8.42 Å². The van der Waals surface area contributed by atoms with Crippen LogP contribution in [0.5, 0.6) is 0 Å². The third-order valence-corrected chi connectivity index (χ3v) is 6.00. The lowest BCUT2D eigenvalue weighted by Gasteiger charge is -2.47. The highest BCUT2D eigenvalue weighted by Crippen LogP contribution is 2.40. The van der Waals surface area contributed by atoms with Crippen molar-refractivity contribution in [3.8, 4) is 0 Å². The molecule has 2 atom stereocenters. The molecule has 0 amide bonds. The molecule has 0 radical (unpaired) electrons. The SMILES string of the molecule is CCC[C@H]([C@H]1OCC1(C)C)S(=O)(=O)c1ccccc1. The van der Waals surface area contributed by atoms with Crippen LogP contribution in [0.4, 0.5) is 0 Å². The molecule has 1 fully saturated rings. The van der Waals surface area contributed by atoms with Crippen LogP contribution in [0.2, 0.25) is 0 Å². The highest BCUT2D eigenvalue weighted by molar-refractivity contribution is 7.92. The van der Waals surface area contributed by atoms with Crippen LogP contribution < -0.4 is 0 Å². The van der Waals surface area contributed by atoms with Crippen molar-refractivity contribution < 1.29 is 13.2 Å². The first-order valence-corrected chi connectivity index (χ1v) is 8.35. The lowest BCUT2D eigenvalue weighted by Crippen LogP contribution is -2.56. The van der Waals surface area contributed by atoms with Crippen molar-refractivity contribution >= 4 is 9.84 Å². The van der Waals surface area contributed by atoms with Crippen LogP contribution in [0.25, 0.3) is 0 Å². The second-order valence-corrected chi connectivity index (χ2v) is 8.07. The van der Waals surface area contributed by atoms with Crippen molar-refractivity contribution in [2.45, 2.75) is 49.9 Å². The largest absolute Gasteiger partial charge is 0.376 e. The van der Waals surface area contributed by atoms with Gasteiger partial charge in [-0.05, 0) is 18.6 Å². The van der Waals surface area contributed by atoms with Gasteiger partial charge < -0.3 is 4.74 Å². The molecule has 4 heteroatoms. The van der Waals surface area contributed by atoms with Gasteiger partial charge in [0.05, 0.1) is 22.9 Å². The van der Waals surface area contributed by atoms with Crippen LogP contribution in [0, 0.1) is 5.41 Å².